The molecule has 4 heteroatoms. The van der Waals surface area contributed by atoms with E-state index >= 15 is 0 Å². The van der Waals surface area contributed by atoms with Crippen molar-refractivity contribution >= 4 is 5.91 Å². The Labute approximate surface area is 138 Å². The monoisotopic (exact) mass is 314 g/mol. The third-order valence-electron chi connectivity index (χ3n) is 5.81. The molecule has 1 amide bonds. The van der Waals surface area contributed by atoms with Gasteiger partial charge in [-0.3, -0.25) is 9.69 Å². The van der Waals surface area contributed by atoms with Crippen LogP contribution in [0.3, 0.4) is 0 Å². The summed E-state index contributed by atoms with van der Waals surface area (Å²) in [6, 6.07) is 8.80. The Morgan fingerprint density at radius 1 is 1.17 bits per heavy atom. The number of nitrogens with zero attached hydrogens (tertiary/aromatic N) is 1. The molecule has 4 rings (SSSR count). The third kappa shape index (κ3) is 2.79. The fourth-order valence-electron chi connectivity index (χ4n) is 4.50. The zero-order valence-corrected chi connectivity index (χ0v) is 13.7. The van der Waals surface area contributed by atoms with Crippen molar-refractivity contribution in [1.82, 2.24) is 10.2 Å². The van der Waals surface area contributed by atoms with E-state index in [0.29, 0.717) is 0 Å². The first-order chi connectivity index (χ1) is 11.3. The highest BCUT2D eigenvalue weighted by Gasteiger charge is 2.42. The Hall–Kier alpha value is -1.39. The SMILES string of the molecule is O=C1NCCCCC1N1CCC2(CC1)OCCc1ccccc12. The van der Waals surface area contributed by atoms with Gasteiger partial charge in [-0.2, -0.15) is 0 Å². The lowest BCUT2D eigenvalue weighted by Gasteiger charge is -2.46. The molecule has 0 bridgehead atoms. The summed E-state index contributed by atoms with van der Waals surface area (Å²) in [5, 5.41) is 3.07. The first-order valence-electron chi connectivity index (χ1n) is 9.03. The zero-order valence-electron chi connectivity index (χ0n) is 13.7. The fraction of sp³-hybridized carbons (Fsp3) is 0.632. The topological polar surface area (TPSA) is 41.6 Å². The van der Waals surface area contributed by atoms with E-state index in [0.717, 1.165) is 64.8 Å². The van der Waals surface area contributed by atoms with Gasteiger partial charge in [-0.05, 0) is 49.7 Å². The van der Waals surface area contributed by atoms with Crippen LogP contribution in [0.15, 0.2) is 24.3 Å². The number of hydrogen-bond donors (Lipinski definition) is 1. The average molecular weight is 314 g/mol. The van der Waals surface area contributed by atoms with E-state index in [4.69, 9.17) is 4.74 Å². The van der Waals surface area contributed by atoms with Gasteiger partial charge in [0.1, 0.15) is 0 Å². The summed E-state index contributed by atoms with van der Waals surface area (Å²) in [5.41, 5.74) is 2.71. The van der Waals surface area contributed by atoms with Crippen LogP contribution in [0.4, 0.5) is 0 Å². The summed E-state index contributed by atoms with van der Waals surface area (Å²) in [5.74, 6) is 0.225. The van der Waals surface area contributed by atoms with Crippen molar-refractivity contribution in [2.24, 2.45) is 0 Å². The van der Waals surface area contributed by atoms with Gasteiger partial charge in [-0.15, -0.1) is 0 Å². The van der Waals surface area contributed by atoms with E-state index in [1.165, 1.54) is 11.1 Å². The van der Waals surface area contributed by atoms with Gasteiger partial charge in [-0.1, -0.05) is 24.3 Å². The van der Waals surface area contributed by atoms with Crippen molar-refractivity contribution in [1.29, 1.82) is 0 Å². The first kappa shape index (κ1) is 15.2. The van der Waals surface area contributed by atoms with E-state index in [9.17, 15) is 4.79 Å². The predicted octanol–water partition coefficient (Wildman–Crippen LogP) is 2.22. The number of hydrogen-bond acceptors (Lipinski definition) is 3. The Morgan fingerprint density at radius 2 is 2.00 bits per heavy atom. The summed E-state index contributed by atoms with van der Waals surface area (Å²) in [4.78, 5) is 14.7. The minimum Gasteiger partial charge on any atom is -0.370 e. The van der Waals surface area contributed by atoms with E-state index in [1.807, 2.05) is 0 Å². The number of rotatable bonds is 1. The summed E-state index contributed by atoms with van der Waals surface area (Å²) >= 11 is 0. The van der Waals surface area contributed by atoms with Crippen molar-refractivity contribution in [3.63, 3.8) is 0 Å². The molecule has 2 fully saturated rings. The van der Waals surface area contributed by atoms with Gasteiger partial charge < -0.3 is 10.1 Å². The molecule has 1 unspecified atom stereocenters. The molecule has 124 valence electrons. The lowest BCUT2D eigenvalue weighted by Crippen LogP contribution is -2.53. The highest BCUT2D eigenvalue weighted by atomic mass is 16.5. The molecule has 23 heavy (non-hydrogen) atoms. The van der Waals surface area contributed by atoms with Crippen LogP contribution in [-0.2, 0) is 21.6 Å². The second-order valence-corrected chi connectivity index (χ2v) is 7.09. The molecule has 3 heterocycles. The second kappa shape index (κ2) is 6.25. The number of carbonyl (C=O) groups excluding carboxylic acids is 1. The summed E-state index contributed by atoms with van der Waals surface area (Å²) in [6.45, 7) is 3.56. The highest BCUT2D eigenvalue weighted by Crippen LogP contribution is 2.41. The van der Waals surface area contributed by atoms with Gasteiger partial charge in [0.15, 0.2) is 0 Å². The molecule has 0 radical (unpaired) electrons. The quantitative estimate of drug-likeness (QED) is 0.864. The third-order valence-corrected chi connectivity index (χ3v) is 5.81. The van der Waals surface area contributed by atoms with Crippen LogP contribution in [0.1, 0.15) is 43.2 Å². The van der Waals surface area contributed by atoms with Crippen LogP contribution in [0.25, 0.3) is 0 Å². The molecule has 1 aromatic rings. The number of carbonyl (C=O) groups is 1. The second-order valence-electron chi connectivity index (χ2n) is 7.09. The van der Waals surface area contributed by atoms with Crippen LogP contribution >= 0.6 is 0 Å². The maximum atomic E-state index is 12.3. The van der Waals surface area contributed by atoms with Crippen LogP contribution in [-0.4, -0.2) is 43.1 Å². The molecular formula is C19H26N2O2. The fourth-order valence-corrected chi connectivity index (χ4v) is 4.50. The Morgan fingerprint density at radius 3 is 2.87 bits per heavy atom. The van der Waals surface area contributed by atoms with Gasteiger partial charge in [0.2, 0.25) is 5.91 Å². The van der Waals surface area contributed by atoms with Gasteiger partial charge in [0.05, 0.1) is 18.2 Å². The van der Waals surface area contributed by atoms with Crippen LogP contribution in [0.5, 0.6) is 0 Å². The van der Waals surface area contributed by atoms with Gasteiger partial charge >= 0.3 is 0 Å². The number of fused-ring (bicyclic) bond motifs is 2. The van der Waals surface area contributed by atoms with E-state index < -0.39 is 0 Å². The lowest BCUT2D eigenvalue weighted by molar-refractivity contribution is -0.132. The minimum absolute atomic E-state index is 0.0636. The Balaban J connectivity index is 1.50. The van der Waals surface area contributed by atoms with E-state index in [-0.39, 0.29) is 17.6 Å². The van der Waals surface area contributed by atoms with E-state index in [2.05, 4.69) is 34.5 Å². The molecule has 1 aromatic carbocycles. The Bertz CT molecular complexity index is 578. The molecular weight excluding hydrogens is 288 g/mol. The lowest BCUT2D eigenvalue weighted by atomic mass is 9.79. The maximum Gasteiger partial charge on any atom is 0.237 e. The molecule has 2 saturated heterocycles. The molecule has 3 aliphatic heterocycles. The van der Waals surface area contributed by atoms with Crippen molar-refractivity contribution < 1.29 is 9.53 Å². The molecule has 0 aliphatic carbocycles. The molecule has 0 saturated carbocycles. The van der Waals surface area contributed by atoms with Crippen LogP contribution in [0, 0.1) is 0 Å². The molecule has 1 spiro atoms. The normalized spacial score (nSPS) is 28.0. The van der Waals surface area contributed by atoms with Crippen molar-refractivity contribution in [3.05, 3.63) is 35.4 Å². The number of likely N-dealkylation sites (tertiary alicyclic amines) is 1. The minimum atomic E-state index is -0.119. The average Bonchev–Trinajstić information content (AvgIpc) is 2.81. The number of ether oxygens (including phenoxy) is 1. The first-order valence-corrected chi connectivity index (χ1v) is 9.03. The summed E-state index contributed by atoms with van der Waals surface area (Å²) in [7, 11) is 0. The highest BCUT2D eigenvalue weighted by molar-refractivity contribution is 5.81. The zero-order chi connectivity index (χ0) is 15.7. The molecule has 4 nitrogen and oxygen atoms in total. The van der Waals surface area contributed by atoms with Crippen molar-refractivity contribution in [2.75, 3.05) is 26.2 Å². The van der Waals surface area contributed by atoms with Gasteiger partial charge in [0.25, 0.3) is 0 Å². The largest absolute Gasteiger partial charge is 0.370 e. The van der Waals surface area contributed by atoms with Gasteiger partial charge in [0, 0.05) is 19.6 Å². The van der Waals surface area contributed by atoms with Crippen LogP contribution in [0.2, 0.25) is 0 Å². The van der Waals surface area contributed by atoms with Crippen molar-refractivity contribution in [3.8, 4) is 0 Å². The van der Waals surface area contributed by atoms with E-state index in [1.54, 1.807) is 0 Å². The number of piperidine rings is 1. The smallest absolute Gasteiger partial charge is 0.237 e. The molecule has 1 atom stereocenters. The Kier molecular flexibility index (Phi) is 4.12. The molecule has 3 aliphatic rings. The number of amides is 1. The molecule has 1 N–H and O–H groups in total. The van der Waals surface area contributed by atoms with Crippen molar-refractivity contribution in [2.45, 2.75) is 50.2 Å². The van der Waals surface area contributed by atoms with Gasteiger partial charge in [-0.25, -0.2) is 0 Å². The van der Waals surface area contributed by atoms with Crippen LogP contribution < -0.4 is 5.32 Å². The standard InChI is InChI=1S/C19H26N2O2/c22-18-17(7-3-4-11-20-18)21-12-9-19(10-13-21)16-6-2-1-5-15(16)8-14-23-19/h1-2,5-6,17H,3-4,7-14H2,(H,20,22). The number of benzene rings is 1. The molecule has 0 aromatic heterocycles. The maximum absolute atomic E-state index is 12.3. The predicted molar refractivity (Wildman–Crippen MR) is 89.2 cm³/mol. The number of nitrogens with one attached hydrogen (secondary N) is 1. The summed E-state index contributed by atoms with van der Waals surface area (Å²) in [6.07, 6.45) is 6.26. The summed E-state index contributed by atoms with van der Waals surface area (Å²) < 4.78 is 6.29.